The van der Waals surface area contributed by atoms with Crippen LogP contribution in [-0.4, -0.2) is 80.9 Å². The minimum Gasteiger partial charge on any atom is -0.390 e. The number of nitrogens with zero attached hydrogens (tertiary/aromatic N) is 3. The van der Waals surface area contributed by atoms with Crippen molar-refractivity contribution in [1.29, 1.82) is 0 Å². The number of hydrogen-bond acceptors (Lipinski definition) is 7. The first kappa shape index (κ1) is 28.0. The molecule has 0 saturated carbocycles. The number of nitrogens with two attached hydrogens (primary N) is 1. The number of aliphatic imine (C=N–C) groups is 1. The average molecular weight is 517 g/mol. The minimum atomic E-state index is -0.0896. The molecule has 0 aliphatic carbocycles. The highest BCUT2D eigenvalue weighted by Crippen LogP contribution is 2.27. The lowest BCUT2D eigenvalue weighted by atomic mass is 9.91. The summed E-state index contributed by atoms with van der Waals surface area (Å²) in [6.07, 6.45) is 5.20. The number of para-hydroxylation sites is 2. The van der Waals surface area contributed by atoms with Gasteiger partial charge in [0.1, 0.15) is 0 Å². The molecule has 2 aliphatic heterocycles. The predicted molar refractivity (Wildman–Crippen MR) is 148 cm³/mol. The second kappa shape index (κ2) is 14.9. The van der Waals surface area contributed by atoms with Crippen molar-refractivity contribution in [3.63, 3.8) is 0 Å². The Kier molecular flexibility index (Phi) is 11.6. The van der Waals surface area contributed by atoms with Crippen LogP contribution in [0.15, 0.2) is 40.4 Å². The number of carbonyl (C=O) groups excluding carboxylic acids is 2. The molecule has 2 aliphatic rings. The van der Waals surface area contributed by atoms with Crippen molar-refractivity contribution >= 4 is 42.2 Å². The van der Waals surface area contributed by atoms with E-state index < -0.39 is 0 Å². The molecule has 4 N–H and O–H groups in total. The Bertz CT molecular complexity index is 909. The SMILES string of the molecule is COCCNc1ccccc1NC(=O)C1CCN(C(=O)C2CCN(CC/C(=C/S)N=CN)CC2)CC1. The zero-order valence-electron chi connectivity index (χ0n) is 21.2. The molecule has 0 bridgehead atoms. The van der Waals surface area contributed by atoms with Crippen LogP contribution in [-0.2, 0) is 14.3 Å². The van der Waals surface area contributed by atoms with E-state index in [1.165, 1.54) is 6.34 Å². The number of benzene rings is 1. The molecule has 0 radical (unpaired) electrons. The number of amides is 2. The number of anilines is 2. The lowest BCUT2D eigenvalue weighted by molar-refractivity contribution is -0.139. The maximum Gasteiger partial charge on any atom is 0.227 e. The van der Waals surface area contributed by atoms with E-state index in [2.05, 4.69) is 33.2 Å². The first-order valence-corrected chi connectivity index (χ1v) is 13.3. The van der Waals surface area contributed by atoms with Crippen LogP contribution in [0.4, 0.5) is 11.4 Å². The van der Waals surface area contributed by atoms with E-state index in [-0.39, 0.29) is 23.7 Å². The average Bonchev–Trinajstić information content (AvgIpc) is 2.92. The number of hydrogen-bond donors (Lipinski definition) is 4. The molecule has 1 aromatic carbocycles. The minimum absolute atomic E-state index is 0.0185. The van der Waals surface area contributed by atoms with Gasteiger partial charge in [0.25, 0.3) is 0 Å². The smallest absolute Gasteiger partial charge is 0.227 e. The fourth-order valence-corrected chi connectivity index (χ4v) is 5.02. The van der Waals surface area contributed by atoms with Gasteiger partial charge in [-0.25, -0.2) is 4.99 Å². The maximum atomic E-state index is 13.1. The van der Waals surface area contributed by atoms with Crippen LogP contribution in [0, 0.1) is 11.8 Å². The van der Waals surface area contributed by atoms with Gasteiger partial charge < -0.3 is 30.9 Å². The molecular weight excluding hydrogens is 476 g/mol. The number of likely N-dealkylation sites (tertiary alicyclic amines) is 2. The molecule has 198 valence electrons. The van der Waals surface area contributed by atoms with Crippen molar-refractivity contribution in [3.8, 4) is 0 Å². The van der Waals surface area contributed by atoms with Crippen LogP contribution in [0.1, 0.15) is 32.1 Å². The number of nitrogens with one attached hydrogen (secondary N) is 2. The molecule has 2 amide bonds. The van der Waals surface area contributed by atoms with Crippen LogP contribution < -0.4 is 16.4 Å². The fourth-order valence-electron chi connectivity index (χ4n) is 4.82. The summed E-state index contributed by atoms with van der Waals surface area (Å²) in [6.45, 7) is 5.22. The molecule has 2 saturated heterocycles. The highest BCUT2D eigenvalue weighted by molar-refractivity contribution is 7.83. The summed E-state index contributed by atoms with van der Waals surface area (Å²) in [4.78, 5) is 34.5. The van der Waals surface area contributed by atoms with Gasteiger partial charge >= 0.3 is 0 Å². The topological polar surface area (TPSA) is 112 Å². The number of thiol groups is 1. The number of rotatable bonds is 11. The second-order valence-electron chi connectivity index (χ2n) is 9.32. The van der Waals surface area contributed by atoms with Crippen molar-refractivity contribution < 1.29 is 14.3 Å². The largest absolute Gasteiger partial charge is 0.390 e. The van der Waals surface area contributed by atoms with Crippen molar-refractivity contribution in [1.82, 2.24) is 9.80 Å². The fraction of sp³-hybridized carbons (Fsp3) is 0.577. The molecule has 0 spiro atoms. The molecule has 0 aromatic heterocycles. The van der Waals surface area contributed by atoms with E-state index in [4.69, 9.17) is 10.5 Å². The van der Waals surface area contributed by atoms with Gasteiger partial charge in [0.2, 0.25) is 11.8 Å². The number of methoxy groups -OCH3 is 1. The molecule has 36 heavy (non-hydrogen) atoms. The molecule has 1 aromatic rings. The van der Waals surface area contributed by atoms with Gasteiger partial charge in [-0.3, -0.25) is 9.59 Å². The van der Waals surface area contributed by atoms with Crippen molar-refractivity contribution in [2.45, 2.75) is 32.1 Å². The standard InChI is InChI=1S/C26H40N6O3S/c1-35-17-11-28-23-4-2-3-5-24(23)30-25(33)20-8-15-32(16-9-20)26(34)21-6-12-31(13-7-21)14-10-22(18-36)29-19-27/h2-5,18-21,28,36H,6-17H2,1H3,(H2,27,29)(H,30,33)/b22-18-. The Morgan fingerprint density at radius 2 is 1.78 bits per heavy atom. The maximum absolute atomic E-state index is 13.1. The lowest BCUT2D eigenvalue weighted by Crippen LogP contribution is -2.46. The van der Waals surface area contributed by atoms with Crippen molar-refractivity contribution in [3.05, 3.63) is 35.4 Å². The van der Waals surface area contributed by atoms with Gasteiger partial charge in [0.15, 0.2) is 0 Å². The van der Waals surface area contributed by atoms with Gasteiger partial charge in [-0.1, -0.05) is 12.1 Å². The van der Waals surface area contributed by atoms with E-state index in [1.807, 2.05) is 29.2 Å². The number of carbonyl (C=O) groups is 2. The molecule has 0 unspecified atom stereocenters. The first-order chi connectivity index (χ1) is 17.5. The predicted octanol–water partition coefficient (Wildman–Crippen LogP) is 2.78. The Morgan fingerprint density at radius 1 is 1.11 bits per heavy atom. The summed E-state index contributed by atoms with van der Waals surface area (Å²) >= 11 is 4.18. The number of piperidine rings is 2. The van der Waals surface area contributed by atoms with E-state index in [1.54, 1.807) is 12.5 Å². The monoisotopic (exact) mass is 516 g/mol. The summed E-state index contributed by atoms with van der Waals surface area (Å²) < 4.78 is 5.09. The van der Waals surface area contributed by atoms with Crippen LogP contribution in [0.25, 0.3) is 0 Å². The van der Waals surface area contributed by atoms with Crippen LogP contribution in [0.2, 0.25) is 0 Å². The Morgan fingerprint density at radius 3 is 2.42 bits per heavy atom. The van der Waals surface area contributed by atoms with Crippen LogP contribution in [0.5, 0.6) is 0 Å². The zero-order valence-corrected chi connectivity index (χ0v) is 22.1. The summed E-state index contributed by atoms with van der Waals surface area (Å²) in [5.41, 5.74) is 7.88. The van der Waals surface area contributed by atoms with Crippen molar-refractivity contribution in [2.75, 3.05) is 63.6 Å². The van der Waals surface area contributed by atoms with E-state index >= 15 is 0 Å². The zero-order chi connectivity index (χ0) is 25.8. The molecule has 2 heterocycles. The second-order valence-corrected chi connectivity index (χ2v) is 9.58. The summed E-state index contributed by atoms with van der Waals surface area (Å²) in [5, 5.41) is 8.05. The van der Waals surface area contributed by atoms with Gasteiger partial charge in [0.05, 0.1) is 24.3 Å². The lowest BCUT2D eigenvalue weighted by Gasteiger charge is -2.37. The summed E-state index contributed by atoms with van der Waals surface area (Å²) in [7, 11) is 1.66. The Hall–Kier alpha value is -2.56. The first-order valence-electron chi connectivity index (χ1n) is 12.8. The highest BCUT2D eigenvalue weighted by atomic mass is 32.1. The van der Waals surface area contributed by atoms with Gasteiger partial charge in [-0.2, -0.15) is 0 Å². The van der Waals surface area contributed by atoms with E-state index in [9.17, 15) is 9.59 Å². The molecule has 0 atom stereocenters. The molecule has 9 nitrogen and oxygen atoms in total. The Balaban J connectivity index is 1.41. The molecule has 2 fully saturated rings. The number of ether oxygens (including phenoxy) is 1. The third-order valence-corrected chi connectivity index (χ3v) is 7.29. The third kappa shape index (κ3) is 8.25. The quantitative estimate of drug-likeness (QED) is 0.156. The van der Waals surface area contributed by atoms with Gasteiger partial charge in [0, 0.05) is 57.2 Å². The summed E-state index contributed by atoms with van der Waals surface area (Å²) in [5.74, 6) is 0.238. The summed E-state index contributed by atoms with van der Waals surface area (Å²) in [6, 6.07) is 7.70. The van der Waals surface area contributed by atoms with Gasteiger partial charge in [-0.15, -0.1) is 12.6 Å². The van der Waals surface area contributed by atoms with E-state index in [0.29, 0.717) is 39.1 Å². The van der Waals surface area contributed by atoms with Crippen molar-refractivity contribution in [2.24, 2.45) is 22.6 Å². The molecule has 3 rings (SSSR count). The highest BCUT2D eigenvalue weighted by Gasteiger charge is 2.32. The Labute approximate surface area is 219 Å². The molecular formula is C26H40N6O3S. The van der Waals surface area contributed by atoms with Crippen LogP contribution in [0.3, 0.4) is 0 Å². The van der Waals surface area contributed by atoms with Crippen LogP contribution >= 0.6 is 12.6 Å². The third-order valence-electron chi connectivity index (χ3n) is 6.99. The molecule has 10 heteroatoms. The van der Waals surface area contributed by atoms with E-state index in [0.717, 1.165) is 56.0 Å². The van der Waals surface area contributed by atoms with Gasteiger partial charge in [-0.05, 0) is 56.3 Å². The normalized spacial score (nSPS) is 18.5.